The molecule has 2 rings (SSSR count). The molecule has 4 nitrogen and oxygen atoms in total. The first-order valence-corrected chi connectivity index (χ1v) is 7.44. The molecule has 0 bridgehead atoms. The Morgan fingerprint density at radius 3 is 2.80 bits per heavy atom. The van der Waals surface area contributed by atoms with Gasteiger partial charge in [-0.15, -0.1) is 16.8 Å². The molecule has 1 heterocycles. The third-order valence-corrected chi connectivity index (χ3v) is 3.78. The molecular weight excluding hydrogens is 268 g/mol. The summed E-state index contributed by atoms with van der Waals surface area (Å²) in [5.74, 6) is 1.73. The minimum atomic E-state index is 0.578. The van der Waals surface area contributed by atoms with Gasteiger partial charge in [0.15, 0.2) is 11.0 Å². The van der Waals surface area contributed by atoms with Crippen molar-refractivity contribution in [2.45, 2.75) is 24.5 Å². The standard InChI is InChI=1S/C15H16N4S/c1-2-11-19-14(13-8-4-3-5-9-13)17-18-15(19)20-12-7-6-10-16/h2-5,8-9H,1,6-7,11-12H2. The summed E-state index contributed by atoms with van der Waals surface area (Å²) in [6.07, 6.45) is 3.28. The molecule has 0 unspecified atom stereocenters. The molecule has 0 amide bonds. The lowest BCUT2D eigenvalue weighted by Gasteiger charge is -2.07. The van der Waals surface area contributed by atoms with Crippen molar-refractivity contribution in [2.24, 2.45) is 0 Å². The summed E-state index contributed by atoms with van der Waals surface area (Å²) >= 11 is 1.63. The van der Waals surface area contributed by atoms with Crippen LogP contribution in [0.5, 0.6) is 0 Å². The molecule has 1 aromatic heterocycles. The van der Waals surface area contributed by atoms with Crippen LogP contribution in [0.1, 0.15) is 12.8 Å². The van der Waals surface area contributed by atoms with Crippen LogP contribution in [0.25, 0.3) is 11.4 Å². The number of nitrogens with zero attached hydrogens (tertiary/aromatic N) is 4. The Hall–Kier alpha value is -2.06. The zero-order valence-electron chi connectivity index (χ0n) is 11.2. The number of aromatic nitrogens is 3. The molecule has 0 spiro atoms. The zero-order valence-corrected chi connectivity index (χ0v) is 12.0. The van der Waals surface area contributed by atoms with E-state index in [2.05, 4.69) is 27.4 Å². The molecule has 0 saturated heterocycles. The van der Waals surface area contributed by atoms with E-state index in [-0.39, 0.29) is 0 Å². The van der Waals surface area contributed by atoms with Gasteiger partial charge < -0.3 is 0 Å². The summed E-state index contributed by atoms with van der Waals surface area (Å²) in [7, 11) is 0. The number of unbranched alkanes of at least 4 members (excludes halogenated alkanes) is 1. The second kappa shape index (κ2) is 7.51. The number of hydrogen-bond donors (Lipinski definition) is 0. The normalized spacial score (nSPS) is 10.2. The monoisotopic (exact) mass is 284 g/mol. The van der Waals surface area contributed by atoms with Gasteiger partial charge in [0.2, 0.25) is 0 Å². The Morgan fingerprint density at radius 2 is 2.10 bits per heavy atom. The summed E-state index contributed by atoms with van der Waals surface area (Å²) in [5.41, 5.74) is 1.05. The van der Waals surface area contributed by atoms with Gasteiger partial charge in [-0.3, -0.25) is 4.57 Å². The molecule has 0 fully saturated rings. The van der Waals surface area contributed by atoms with E-state index in [1.807, 2.05) is 36.4 Å². The van der Waals surface area contributed by atoms with E-state index in [4.69, 9.17) is 5.26 Å². The lowest BCUT2D eigenvalue weighted by Crippen LogP contribution is -2.00. The summed E-state index contributed by atoms with van der Waals surface area (Å²) in [4.78, 5) is 0. The fraction of sp³-hybridized carbons (Fsp3) is 0.267. The zero-order chi connectivity index (χ0) is 14.2. The Labute approximate surface area is 123 Å². The fourth-order valence-electron chi connectivity index (χ4n) is 1.80. The van der Waals surface area contributed by atoms with Gasteiger partial charge >= 0.3 is 0 Å². The molecule has 0 aliphatic heterocycles. The van der Waals surface area contributed by atoms with E-state index in [1.165, 1.54) is 0 Å². The van der Waals surface area contributed by atoms with Gasteiger partial charge in [0.1, 0.15) is 0 Å². The first kappa shape index (κ1) is 14.4. The third-order valence-electron chi connectivity index (χ3n) is 2.72. The molecule has 20 heavy (non-hydrogen) atoms. The van der Waals surface area contributed by atoms with Crippen LogP contribution in [0.4, 0.5) is 0 Å². The van der Waals surface area contributed by atoms with Gasteiger partial charge in [0.05, 0.1) is 6.07 Å². The second-order valence-corrected chi connectivity index (χ2v) is 5.24. The second-order valence-electron chi connectivity index (χ2n) is 4.18. The van der Waals surface area contributed by atoms with Crippen molar-refractivity contribution in [3.8, 4) is 17.5 Å². The molecule has 0 N–H and O–H groups in total. The van der Waals surface area contributed by atoms with Crippen LogP contribution < -0.4 is 0 Å². The topological polar surface area (TPSA) is 54.5 Å². The minimum Gasteiger partial charge on any atom is -0.298 e. The van der Waals surface area contributed by atoms with Crippen molar-refractivity contribution in [1.29, 1.82) is 5.26 Å². The van der Waals surface area contributed by atoms with Gasteiger partial charge in [-0.25, -0.2) is 0 Å². The van der Waals surface area contributed by atoms with Crippen LogP contribution in [0.3, 0.4) is 0 Å². The Bertz CT molecular complexity index is 598. The molecule has 102 valence electrons. The minimum absolute atomic E-state index is 0.578. The van der Waals surface area contributed by atoms with Crippen LogP contribution in [-0.4, -0.2) is 20.5 Å². The number of benzene rings is 1. The van der Waals surface area contributed by atoms with Crippen molar-refractivity contribution in [3.05, 3.63) is 43.0 Å². The molecule has 0 atom stereocenters. The summed E-state index contributed by atoms with van der Waals surface area (Å²) in [5, 5.41) is 18.0. The number of thioether (sulfide) groups is 1. The van der Waals surface area contributed by atoms with E-state index >= 15 is 0 Å². The predicted molar refractivity (Wildman–Crippen MR) is 81.2 cm³/mol. The Morgan fingerprint density at radius 1 is 1.30 bits per heavy atom. The Balaban J connectivity index is 2.19. The number of nitriles is 1. The predicted octanol–water partition coefficient (Wildman–Crippen LogP) is 3.53. The SMILES string of the molecule is C=CCn1c(SCCCC#N)nnc1-c1ccccc1. The van der Waals surface area contributed by atoms with Gasteiger partial charge in [0, 0.05) is 24.3 Å². The van der Waals surface area contributed by atoms with Crippen LogP contribution in [0.2, 0.25) is 0 Å². The maximum Gasteiger partial charge on any atom is 0.191 e. The smallest absolute Gasteiger partial charge is 0.191 e. The van der Waals surface area contributed by atoms with Gasteiger partial charge in [-0.05, 0) is 6.42 Å². The average molecular weight is 284 g/mol. The average Bonchev–Trinajstić information content (AvgIpc) is 2.88. The first-order chi connectivity index (χ1) is 9.86. The fourth-order valence-corrected chi connectivity index (χ4v) is 2.69. The lowest BCUT2D eigenvalue weighted by molar-refractivity contribution is 0.730. The molecule has 1 aromatic carbocycles. The maximum atomic E-state index is 8.55. The van der Waals surface area contributed by atoms with Gasteiger partial charge in [-0.1, -0.05) is 48.2 Å². The molecule has 0 aliphatic rings. The van der Waals surface area contributed by atoms with E-state index in [1.54, 1.807) is 11.8 Å². The highest BCUT2D eigenvalue weighted by atomic mass is 32.2. The molecule has 0 aliphatic carbocycles. The summed E-state index contributed by atoms with van der Waals surface area (Å²) in [6, 6.07) is 12.2. The Kier molecular flexibility index (Phi) is 5.39. The third kappa shape index (κ3) is 3.49. The van der Waals surface area contributed by atoms with Crippen LogP contribution in [0.15, 0.2) is 48.1 Å². The molecular formula is C15H16N4S. The molecule has 0 saturated carbocycles. The van der Waals surface area contributed by atoms with Crippen molar-refractivity contribution in [2.75, 3.05) is 5.75 Å². The highest BCUT2D eigenvalue weighted by Crippen LogP contribution is 2.24. The lowest BCUT2D eigenvalue weighted by atomic mass is 10.2. The molecule has 0 radical (unpaired) electrons. The van der Waals surface area contributed by atoms with Crippen molar-refractivity contribution in [1.82, 2.24) is 14.8 Å². The molecule has 2 aromatic rings. The maximum absolute atomic E-state index is 8.55. The highest BCUT2D eigenvalue weighted by Gasteiger charge is 2.12. The van der Waals surface area contributed by atoms with E-state index in [0.717, 1.165) is 28.7 Å². The van der Waals surface area contributed by atoms with E-state index in [0.29, 0.717) is 13.0 Å². The first-order valence-electron chi connectivity index (χ1n) is 6.46. The number of hydrogen-bond acceptors (Lipinski definition) is 4. The summed E-state index contributed by atoms with van der Waals surface area (Å²) in [6.45, 7) is 4.47. The van der Waals surface area contributed by atoms with Gasteiger partial charge in [0.25, 0.3) is 0 Å². The van der Waals surface area contributed by atoms with Crippen molar-refractivity contribution < 1.29 is 0 Å². The number of allylic oxidation sites excluding steroid dienone is 1. The van der Waals surface area contributed by atoms with Crippen LogP contribution in [-0.2, 0) is 6.54 Å². The number of rotatable bonds is 7. The molecule has 5 heteroatoms. The van der Waals surface area contributed by atoms with E-state index in [9.17, 15) is 0 Å². The van der Waals surface area contributed by atoms with Gasteiger partial charge in [-0.2, -0.15) is 5.26 Å². The van der Waals surface area contributed by atoms with Crippen molar-refractivity contribution >= 4 is 11.8 Å². The quantitative estimate of drug-likeness (QED) is 0.443. The van der Waals surface area contributed by atoms with E-state index < -0.39 is 0 Å². The summed E-state index contributed by atoms with van der Waals surface area (Å²) < 4.78 is 2.05. The van der Waals surface area contributed by atoms with Crippen LogP contribution >= 0.6 is 11.8 Å². The largest absolute Gasteiger partial charge is 0.298 e. The van der Waals surface area contributed by atoms with Crippen LogP contribution in [0, 0.1) is 11.3 Å². The highest BCUT2D eigenvalue weighted by molar-refractivity contribution is 7.99. The van der Waals surface area contributed by atoms with Crippen molar-refractivity contribution in [3.63, 3.8) is 0 Å².